The number of esters is 1. The number of methoxy groups -OCH3 is 1. The molecule has 0 saturated heterocycles. The van der Waals surface area contributed by atoms with Gasteiger partial charge in [0.25, 0.3) is 5.91 Å². The van der Waals surface area contributed by atoms with Crippen molar-refractivity contribution in [1.82, 2.24) is 20.0 Å². The number of rotatable bonds is 5. The van der Waals surface area contributed by atoms with Crippen molar-refractivity contribution < 1.29 is 14.3 Å². The van der Waals surface area contributed by atoms with Crippen LogP contribution in [-0.4, -0.2) is 39.7 Å². The minimum absolute atomic E-state index is 0.108. The predicted molar refractivity (Wildman–Crippen MR) is 114 cm³/mol. The van der Waals surface area contributed by atoms with Gasteiger partial charge in [0, 0.05) is 17.0 Å². The molecule has 0 fully saturated rings. The zero-order valence-electron chi connectivity index (χ0n) is 16.3. The number of carbonyl (C=O) groups excluding carboxylic acids is 2. The molecular weight excluding hydrogens is 429 g/mol. The van der Waals surface area contributed by atoms with Gasteiger partial charge >= 0.3 is 5.97 Å². The maximum absolute atomic E-state index is 12.6. The third kappa shape index (κ3) is 4.34. The SMILES string of the molecule is COC(=O)c1ccc(C(=O)NN=Cc2c(Cl)ncnc2Cl)cc1-n1c(C)ccc1C. The molecule has 0 atom stereocenters. The quantitative estimate of drug-likeness (QED) is 0.279. The number of halogens is 2. The first-order valence-corrected chi connectivity index (χ1v) is 9.46. The van der Waals surface area contributed by atoms with Gasteiger partial charge in [0.1, 0.15) is 16.6 Å². The van der Waals surface area contributed by atoms with Crippen LogP contribution in [0.4, 0.5) is 0 Å². The van der Waals surface area contributed by atoms with Gasteiger partial charge in [-0.25, -0.2) is 20.2 Å². The molecule has 1 aromatic carbocycles. The molecule has 0 unspecified atom stereocenters. The van der Waals surface area contributed by atoms with E-state index in [0.717, 1.165) is 11.4 Å². The zero-order chi connectivity index (χ0) is 21.8. The van der Waals surface area contributed by atoms with E-state index >= 15 is 0 Å². The van der Waals surface area contributed by atoms with Crippen molar-refractivity contribution in [2.75, 3.05) is 7.11 Å². The normalized spacial score (nSPS) is 11.0. The molecule has 1 N–H and O–H groups in total. The van der Waals surface area contributed by atoms with Crippen LogP contribution >= 0.6 is 23.2 Å². The van der Waals surface area contributed by atoms with Crippen LogP contribution in [0.1, 0.15) is 37.7 Å². The number of nitrogens with one attached hydrogen (secondary N) is 1. The zero-order valence-corrected chi connectivity index (χ0v) is 17.8. The summed E-state index contributed by atoms with van der Waals surface area (Å²) in [7, 11) is 1.31. The van der Waals surface area contributed by atoms with Crippen LogP contribution in [0.3, 0.4) is 0 Å². The lowest BCUT2D eigenvalue weighted by Gasteiger charge is -2.15. The number of hydrogen-bond acceptors (Lipinski definition) is 6. The van der Waals surface area contributed by atoms with Crippen LogP contribution in [0.15, 0.2) is 41.8 Å². The fourth-order valence-corrected chi connectivity index (χ4v) is 3.28. The summed E-state index contributed by atoms with van der Waals surface area (Å²) in [5.74, 6) is -0.994. The van der Waals surface area contributed by atoms with Crippen molar-refractivity contribution in [3.05, 3.63) is 75.0 Å². The van der Waals surface area contributed by atoms with Crippen molar-refractivity contribution in [3.8, 4) is 5.69 Å². The number of aryl methyl sites for hydroxylation is 2. The molecule has 0 aliphatic carbocycles. The average molecular weight is 446 g/mol. The smallest absolute Gasteiger partial charge is 0.339 e. The number of nitrogens with zero attached hydrogens (tertiary/aromatic N) is 4. The summed E-state index contributed by atoms with van der Waals surface area (Å²) in [5, 5.41) is 4.08. The minimum Gasteiger partial charge on any atom is -0.465 e. The molecule has 0 spiro atoms. The van der Waals surface area contributed by atoms with Gasteiger partial charge in [-0.15, -0.1) is 0 Å². The van der Waals surface area contributed by atoms with Gasteiger partial charge < -0.3 is 9.30 Å². The molecule has 0 aliphatic heterocycles. The molecule has 3 aromatic rings. The first-order chi connectivity index (χ1) is 14.3. The molecule has 2 aromatic heterocycles. The van der Waals surface area contributed by atoms with Crippen molar-refractivity contribution >= 4 is 41.3 Å². The number of hydrazone groups is 1. The molecular formula is C20H17Cl2N5O3. The average Bonchev–Trinajstić information content (AvgIpc) is 3.07. The van der Waals surface area contributed by atoms with E-state index in [1.54, 1.807) is 6.07 Å². The molecule has 30 heavy (non-hydrogen) atoms. The lowest BCUT2D eigenvalue weighted by Crippen LogP contribution is -2.19. The molecule has 3 rings (SSSR count). The molecule has 0 saturated carbocycles. The third-order valence-corrected chi connectivity index (χ3v) is 4.93. The number of ether oxygens (including phenoxy) is 1. The van der Waals surface area contributed by atoms with E-state index in [9.17, 15) is 9.59 Å². The lowest BCUT2D eigenvalue weighted by atomic mass is 10.1. The topological polar surface area (TPSA) is 98.5 Å². The highest BCUT2D eigenvalue weighted by Gasteiger charge is 2.18. The standard InChI is InChI=1S/C20H17Cl2N5O3/c1-11-4-5-12(2)27(11)16-8-13(6-7-14(16)20(29)30-3)19(28)26-25-9-15-17(21)23-10-24-18(15)22/h4-10H,1-3H3,(H,26,28). The van der Waals surface area contributed by atoms with E-state index in [4.69, 9.17) is 27.9 Å². The fraction of sp³-hybridized carbons (Fsp3) is 0.150. The summed E-state index contributed by atoms with van der Waals surface area (Å²) in [5.41, 5.74) is 5.64. The third-order valence-electron chi connectivity index (χ3n) is 4.32. The van der Waals surface area contributed by atoms with E-state index in [-0.39, 0.29) is 15.9 Å². The molecule has 10 heteroatoms. The summed E-state index contributed by atoms with van der Waals surface area (Å²) in [4.78, 5) is 32.4. The van der Waals surface area contributed by atoms with Crippen LogP contribution in [0.5, 0.6) is 0 Å². The Kier molecular flexibility index (Phi) is 6.49. The Balaban J connectivity index is 1.93. The van der Waals surface area contributed by atoms with Gasteiger partial charge in [0.2, 0.25) is 0 Å². The van der Waals surface area contributed by atoms with Gasteiger partial charge in [0.15, 0.2) is 0 Å². The number of carbonyl (C=O) groups is 2. The van der Waals surface area contributed by atoms with Crippen molar-refractivity contribution in [1.29, 1.82) is 0 Å². The first kappa shape index (κ1) is 21.5. The van der Waals surface area contributed by atoms with Gasteiger partial charge in [0.05, 0.1) is 30.1 Å². The van der Waals surface area contributed by atoms with Crippen LogP contribution in [0.25, 0.3) is 5.69 Å². The largest absolute Gasteiger partial charge is 0.465 e. The Morgan fingerprint density at radius 2 is 1.73 bits per heavy atom. The minimum atomic E-state index is -0.504. The van der Waals surface area contributed by atoms with E-state index in [1.807, 2.05) is 30.5 Å². The second-order valence-electron chi connectivity index (χ2n) is 6.24. The van der Waals surface area contributed by atoms with Gasteiger partial charge in [-0.3, -0.25) is 4.79 Å². The second kappa shape index (κ2) is 9.06. The van der Waals surface area contributed by atoms with Crippen LogP contribution < -0.4 is 5.43 Å². The highest BCUT2D eigenvalue weighted by Crippen LogP contribution is 2.23. The fourth-order valence-electron chi connectivity index (χ4n) is 2.87. The van der Waals surface area contributed by atoms with Gasteiger partial charge in [-0.05, 0) is 44.2 Å². The van der Waals surface area contributed by atoms with E-state index in [1.165, 1.54) is 31.8 Å². The summed E-state index contributed by atoms with van der Waals surface area (Å²) in [6, 6.07) is 8.49. The molecule has 0 aliphatic rings. The maximum atomic E-state index is 12.6. The molecule has 154 valence electrons. The van der Waals surface area contributed by atoms with Crippen LogP contribution in [0, 0.1) is 13.8 Å². The summed E-state index contributed by atoms with van der Waals surface area (Å²) in [6.45, 7) is 3.81. The summed E-state index contributed by atoms with van der Waals surface area (Å²) >= 11 is 11.9. The first-order valence-electron chi connectivity index (χ1n) is 8.70. The van der Waals surface area contributed by atoms with Crippen LogP contribution in [0.2, 0.25) is 10.3 Å². The molecule has 2 heterocycles. The van der Waals surface area contributed by atoms with E-state index in [2.05, 4.69) is 20.5 Å². The van der Waals surface area contributed by atoms with Crippen LogP contribution in [-0.2, 0) is 4.74 Å². The Labute approximate surface area is 182 Å². The molecule has 0 radical (unpaired) electrons. The number of aromatic nitrogens is 3. The molecule has 8 nitrogen and oxygen atoms in total. The van der Waals surface area contributed by atoms with E-state index < -0.39 is 11.9 Å². The van der Waals surface area contributed by atoms with Gasteiger partial charge in [-0.2, -0.15) is 5.10 Å². The Bertz CT molecular complexity index is 1120. The molecule has 1 amide bonds. The van der Waals surface area contributed by atoms with Crippen molar-refractivity contribution in [2.24, 2.45) is 5.10 Å². The highest BCUT2D eigenvalue weighted by atomic mass is 35.5. The van der Waals surface area contributed by atoms with Crippen molar-refractivity contribution in [2.45, 2.75) is 13.8 Å². The monoisotopic (exact) mass is 445 g/mol. The Morgan fingerprint density at radius 3 is 2.33 bits per heavy atom. The number of amides is 1. The Morgan fingerprint density at radius 1 is 1.10 bits per heavy atom. The van der Waals surface area contributed by atoms with Crippen molar-refractivity contribution in [3.63, 3.8) is 0 Å². The van der Waals surface area contributed by atoms with E-state index in [0.29, 0.717) is 16.8 Å². The maximum Gasteiger partial charge on any atom is 0.339 e. The number of benzene rings is 1. The Hall–Kier alpha value is -3.23. The predicted octanol–water partition coefficient (Wildman–Crippen LogP) is 3.74. The van der Waals surface area contributed by atoms with Gasteiger partial charge in [-0.1, -0.05) is 23.2 Å². The highest BCUT2D eigenvalue weighted by molar-refractivity contribution is 6.37. The number of hydrogen-bond donors (Lipinski definition) is 1. The lowest BCUT2D eigenvalue weighted by molar-refractivity contribution is 0.0600. The molecule has 0 bridgehead atoms. The summed E-state index contributed by atoms with van der Waals surface area (Å²) in [6.07, 6.45) is 2.47. The second-order valence-corrected chi connectivity index (χ2v) is 6.96. The summed E-state index contributed by atoms with van der Waals surface area (Å²) < 4.78 is 6.75.